The zero-order valence-corrected chi connectivity index (χ0v) is 13.3. The van der Waals surface area contributed by atoms with Gasteiger partial charge in [-0.2, -0.15) is 0 Å². The first-order valence-electron chi connectivity index (χ1n) is 5.64. The molecule has 0 spiro atoms. The van der Waals surface area contributed by atoms with Gasteiger partial charge in [-0.05, 0) is 18.2 Å². The summed E-state index contributed by atoms with van der Waals surface area (Å²) in [5, 5.41) is 0.454. The molecular formula is C14H10BrCl2NO2. The van der Waals surface area contributed by atoms with E-state index in [9.17, 15) is 4.79 Å². The van der Waals surface area contributed by atoms with Crippen LogP contribution in [0.15, 0.2) is 40.9 Å². The van der Waals surface area contributed by atoms with Crippen LogP contribution in [-0.4, -0.2) is 5.97 Å². The van der Waals surface area contributed by atoms with Crippen molar-refractivity contribution in [1.29, 1.82) is 0 Å². The minimum atomic E-state index is -0.510. The van der Waals surface area contributed by atoms with E-state index in [-0.39, 0.29) is 27.9 Å². The monoisotopic (exact) mass is 373 g/mol. The van der Waals surface area contributed by atoms with Crippen molar-refractivity contribution < 1.29 is 9.53 Å². The van der Waals surface area contributed by atoms with Crippen molar-refractivity contribution in [3.8, 4) is 0 Å². The number of nitrogens with two attached hydrogens (primary N) is 1. The molecule has 0 atom stereocenters. The zero-order valence-electron chi connectivity index (χ0n) is 10.2. The standard InChI is InChI=1S/C14H10BrCl2NO2/c15-10-4-2-1-3-8(10)7-20-14(19)9-5-11(16)13(18)12(17)6-9/h1-6H,7,18H2. The average Bonchev–Trinajstić information content (AvgIpc) is 2.43. The average molecular weight is 375 g/mol. The molecule has 2 N–H and O–H groups in total. The third kappa shape index (κ3) is 3.45. The first-order chi connectivity index (χ1) is 9.49. The number of anilines is 1. The molecule has 20 heavy (non-hydrogen) atoms. The van der Waals surface area contributed by atoms with Crippen LogP contribution in [-0.2, 0) is 11.3 Å². The first-order valence-corrected chi connectivity index (χ1v) is 7.19. The maximum absolute atomic E-state index is 11.9. The summed E-state index contributed by atoms with van der Waals surface area (Å²) in [6.45, 7) is 0.153. The summed E-state index contributed by atoms with van der Waals surface area (Å²) in [7, 11) is 0. The fourth-order valence-corrected chi connectivity index (χ4v) is 2.43. The lowest BCUT2D eigenvalue weighted by atomic mass is 10.2. The highest BCUT2D eigenvalue weighted by molar-refractivity contribution is 9.10. The van der Waals surface area contributed by atoms with Gasteiger partial charge in [-0.3, -0.25) is 0 Å². The predicted octanol–water partition coefficient (Wildman–Crippen LogP) is 4.70. The molecule has 2 aromatic rings. The summed E-state index contributed by atoms with van der Waals surface area (Å²) >= 11 is 15.1. The van der Waals surface area contributed by atoms with E-state index in [1.807, 2.05) is 24.3 Å². The van der Waals surface area contributed by atoms with E-state index in [4.69, 9.17) is 33.7 Å². The maximum Gasteiger partial charge on any atom is 0.338 e. The van der Waals surface area contributed by atoms with Crippen LogP contribution in [0.1, 0.15) is 15.9 Å². The number of hydrogen-bond acceptors (Lipinski definition) is 3. The Labute approximate surface area is 134 Å². The van der Waals surface area contributed by atoms with E-state index >= 15 is 0 Å². The van der Waals surface area contributed by atoms with Crippen molar-refractivity contribution in [1.82, 2.24) is 0 Å². The largest absolute Gasteiger partial charge is 0.457 e. The van der Waals surface area contributed by atoms with Crippen molar-refractivity contribution in [2.75, 3.05) is 5.73 Å². The number of carbonyl (C=O) groups is 1. The molecule has 0 fully saturated rings. The normalized spacial score (nSPS) is 10.3. The highest BCUT2D eigenvalue weighted by Gasteiger charge is 2.13. The van der Waals surface area contributed by atoms with Crippen LogP contribution in [0.25, 0.3) is 0 Å². The van der Waals surface area contributed by atoms with E-state index in [2.05, 4.69) is 15.9 Å². The van der Waals surface area contributed by atoms with Gasteiger partial charge in [0.25, 0.3) is 0 Å². The minimum absolute atomic E-state index is 0.153. The smallest absolute Gasteiger partial charge is 0.338 e. The molecule has 0 heterocycles. The maximum atomic E-state index is 11.9. The molecule has 3 nitrogen and oxygen atoms in total. The van der Waals surface area contributed by atoms with Crippen LogP contribution in [0.5, 0.6) is 0 Å². The Morgan fingerprint density at radius 3 is 2.40 bits per heavy atom. The van der Waals surface area contributed by atoms with Gasteiger partial charge in [0.15, 0.2) is 0 Å². The van der Waals surface area contributed by atoms with Gasteiger partial charge in [-0.15, -0.1) is 0 Å². The third-order valence-electron chi connectivity index (χ3n) is 2.63. The van der Waals surface area contributed by atoms with E-state index in [1.54, 1.807) is 0 Å². The number of benzene rings is 2. The summed E-state index contributed by atoms with van der Waals surface area (Å²) in [5.74, 6) is -0.510. The second-order valence-electron chi connectivity index (χ2n) is 4.02. The number of halogens is 3. The Balaban J connectivity index is 2.11. The molecule has 0 aliphatic heterocycles. The molecule has 0 unspecified atom stereocenters. The van der Waals surface area contributed by atoms with E-state index in [0.717, 1.165) is 10.0 Å². The van der Waals surface area contributed by atoms with Crippen LogP contribution in [0, 0.1) is 0 Å². The third-order valence-corrected chi connectivity index (χ3v) is 4.03. The van der Waals surface area contributed by atoms with Crippen molar-refractivity contribution in [3.05, 3.63) is 62.0 Å². The van der Waals surface area contributed by atoms with Gasteiger partial charge >= 0.3 is 5.97 Å². The second kappa shape index (κ2) is 6.48. The van der Waals surface area contributed by atoms with Gasteiger partial charge in [0, 0.05) is 10.0 Å². The molecule has 104 valence electrons. The Kier molecular flexibility index (Phi) is 4.91. The van der Waals surface area contributed by atoms with Crippen LogP contribution >= 0.6 is 39.1 Å². The highest BCUT2D eigenvalue weighted by atomic mass is 79.9. The van der Waals surface area contributed by atoms with Gasteiger partial charge in [-0.25, -0.2) is 4.79 Å². The zero-order chi connectivity index (χ0) is 14.7. The lowest BCUT2D eigenvalue weighted by Gasteiger charge is -2.08. The molecule has 2 aromatic carbocycles. The van der Waals surface area contributed by atoms with E-state index in [0.29, 0.717) is 0 Å². The summed E-state index contributed by atoms with van der Waals surface area (Å²) in [4.78, 5) is 11.9. The predicted molar refractivity (Wildman–Crippen MR) is 84.1 cm³/mol. The number of nitrogen functional groups attached to an aromatic ring is 1. The fraction of sp³-hybridized carbons (Fsp3) is 0.0714. The summed E-state index contributed by atoms with van der Waals surface area (Å²) < 4.78 is 6.09. The Bertz CT molecular complexity index is 638. The summed E-state index contributed by atoms with van der Waals surface area (Å²) in [6.07, 6.45) is 0. The number of rotatable bonds is 3. The van der Waals surface area contributed by atoms with Gasteiger partial charge < -0.3 is 10.5 Å². The lowest BCUT2D eigenvalue weighted by molar-refractivity contribution is 0.0472. The van der Waals surface area contributed by atoms with E-state index < -0.39 is 5.97 Å². The second-order valence-corrected chi connectivity index (χ2v) is 5.69. The molecular weight excluding hydrogens is 365 g/mol. The Morgan fingerprint density at radius 2 is 1.80 bits per heavy atom. The van der Waals surface area contributed by atoms with Crippen molar-refractivity contribution >= 4 is 50.8 Å². The number of hydrogen-bond donors (Lipinski definition) is 1. The number of esters is 1. The van der Waals surface area contributed by atoms with Crippen LogP contribution < -0.4 is 5.73 Å². The summed E-state index contributed by atoms with van der Waals surface area (Å²) in [6, 6.07) is 10.4. The highest BCUT2D eigenvalue weighted by Crippen LogP contribution is 2.29. The van der Waals surface area contributed by atoms with Crippen molar-refractivity contribution in [3.63, 3.8) is 0 Å². The number of ether oxygens (including phenoxy) is 1. The van der Waals surface area contributed by atoms with Crippen LogP contribution in [0.2, 0.25) is 10.0 Å². The molecule has 0 aromatic heterocycles. The molecule has 0 bridgehead atoms. The minimum Gasteiger partial charge on any atom is -0.457 e. The Hall–Kier alpha value is -1.23. The molecule has 0 radical (unpaired) electrons. The quantitative estimate of drug-likeness (QED) is 0.626. The molecule has 0 aliphatic rings. The molecule has 2 rings (SSSR count). The molecule has 0 saturated carbocycles. The summed E-state index contributed by atoms with van der Waals surface area (Å²) in [5.41, 5.74) is 6.99. The van der Waals surface area contributed by atoms with Gasteiger partial charge in [0.05, 0.1) is 21.3 Å². The molecule has 0 saturated heterocycles. The molecule has 0 amide bonds. The topological polar surface area (TPSA) is 52.3 Å². The van der Waals surface area contributed by atoms with Gasteiger partial charge in [0.2, 0.25) is 0 Å². The van der Waals surface area contributed by atoms with Crippen molar-refractivity contribution in [2.24, 2.45) is 0 Å². The molecule has 0 aliphatic carbocycles. The fourth-order valence-electron chi connectivity index (χ4n) is 1.54. The SMILES string of the molecule is Nc1c(Cl)cc(C(=O)OCc2ccccc2Br)cc1Cl. The van der Waals surface area contributed by atoms with E-state index in [1.165, 1.54) is 12.1 Å². The lowest BCUT2D eigenvalue weighted by Crippen LogP contribution is -2.06. The Morgan fingerprint density at radius 1 is 1.20 bits per heavy atom. The molecule has 6 heteroatoms. The van der Waals surface area contributed by atoms with Crippen molar-refractivity contribution in [2.45, 2.75) is 6.61 Å². The van der Waals surface area contributed by atoms with Crippen LogP contribution in [0.3, 0.4) is 0 Å². The van der Waals surface area contributed by atoms with Crippen LogP contribution in [0.4, 0.5) is 5.69 Å². The first kappa shape index (κ1) is 15.2. The number of carbonyl (C=O) groups excluding carboxylic acids is 1. The van der Waals surface area contributed by atoms with Gasteiger partial charge in [-0.1, -0.05) is 57.3 Å². The van der Waals surface area contributed by atoms with Gasteiger partial charge in [0.1, 0.15) is 6.61 Å².